The van der Waals surface area contributed by atoms with E-state index in [1.54, 1.807) is 48.5 Å². The summed E-state index contributed by atoms with van der Waals surface area (Å²) < 4.78 is 0. The Morgan fingerprint density at radius 2 is 0.842 bits per heavy atom. The highest BCUT2D eigenvalue weighted by Crippen LogP contribution is 2.14. The van der Waals surface area contributed by atoms with E-state index in [0.717, 1.165) is 38.5 Å². The Kier molecular flexibility index (Phi) is 13.0. The van der Waals surface area contributed by atoms with Crippen LogP contribution in [0, 0.1) is 0 Å². The summed E-state index contributed by atoms with van der Waals surface area (Å²) in [4.78, 5) is 48.3. The fourth-order valence-electron chi connectivity index (χ4n) is 3.83. The van der Waals surface area contributed by atoms with Gasteiger partial charge < -0.3 is 21.3 Å². The van der Waals surface area contributed by atoms with E-state index in [2.05, 4.69) is 21.3 Å². The average Bonchev–Trinajstić information content (AvgIpc) is 2.85. The molecule has 0 saturated carbocycles. The van der Waals surface area contributed by atoms with Gasteiger partial charge in [-0.3, -0.25) is 19.2 Å². The minimum Gasteiger partial charge on any atom is -0.350 e. The number of benzene rings is 2. The van der Waals surface area contributed by atoms with Crippen LogP contribution in [0.3, 0.4) is 0 Å². The van der Waals surface area contributed by atoms with Crippen LogP contribution < -0.4 is 21.3 Å². The average molecular weight is 523 g/mol. The van der Waals surface area contributed by atoms with Crippen LogP contribution in [0.5, 0.6) is 0 Å². The quantitative estimate of drug-likeness (QED) is 0.226. The maximum absolute atomic E-state index is 12.2. The second kappa shape index (κ2) is 16.2. The van der Waals surface area contributed by atoms with Gasteiger partial charge in [0.1, 0.15) is 0 Å². The molecular formula is C30H42N4O4. The van der Waals surface area contributed by atoms with Gasteiger partial charge in [0.25, 0.3) is 11.8 Å². The molecule has 8 nitrogen and oxygen atoms in total. The van der Waals surface area contributed by atoms with Gasteiger partial charge in [-0.25, -0.2) is 0 Å². The Bertz CT molecular complexity index is 961. The molecule has 206 valence electrons. The molecule has 4 N–H and O–H groups in total. The fourth-order valence-corrected chi connectivity index (χ4v) is 3.83. The maximum atomic E-state index is 12.2. The molecule has 2 aromatic rings. The number of unbranched alkanes of at least 4 members (excludes halogenated alkanes) is 5. The van der Waals surface area contributed by atoms with Gasteiger partial charge in [-0.15, -0.1) is 0 Å². The van der Waals surface area contributed by atoms with Crippen LogP contribution in [-0.4, -0.2) is 35.7 Å². The van der Waals surface area contributed by atoms with E-state index in [-0.39, 0.29) is 35.7 Å². The second-order valence-corrected chi connectivity index (χ2v) is 10.1. The first-order valence-electron chi connectivity index (χ1n) is 13.6. The molecule has 0 aliphatic heterocycles. The standard InChI is InChI=1S/C30H42N4O4/c1-21(2)31-29(37)23-13-17-25(18-14-23)33-27(35)11-9-7-5-6-8-10-12-28(36)34-26-19-15-24(16-20-26)30(38)32-22(3)4/h13-22H,5-12H2,1-4H3,(H,31,37)(H,32,38)(H,33,35)(H,34,36). The number of nitrogens with one attached hydrogen (secondary N) is 4. The van der Waals surface area contributed by atoms with Crippen molar-refractivity contribution in [3.05, 3.63) is 59.7 Å². The van der Waals surface area contributed by atoms with E-state index in [4.69, 9.17) is 0 Å². The molecule has 0 atom stereocenters. The van der Waals surface area contributed by atoms with Crippen LogP contribution in [0.15, 0.2) is 48.5 Å². The zero-order valence-corrected chi connectivity index (χ0v) is 23.1. The summed E-state index contributed by atoms with van der Waals surface area (Å²) in [5.74, 6) is -0.320. The van der Waals surface area contributed by atoms with Crippen molar-refractivity contribution in [2.24, 2.45) is 0 Å². The summed E-state index contributed by atoms with van der Waals surface area (Å²) in [5.41, 5.74) is 2.50. The third kappa shape index (κ3) is 12.0. The van der Waals surface area contributed by atoms with Crippen molar-refractivity contribution < 1.29 is 19.2 Å². The molecule has 8 heteroatoms. The molecule has 0 aliphatic rings. The number of anilines is 2. The summed E-state index contributed by atoms with van der Waals surface area (Å²) in [6, 6.07) is 13.9. The van der Waals surface area contributed by atoms with Crippen molar-refractivity contribution in [1.82, 2.24) is 10.6 Å². The Morgan fingerprint density at radius 1 is 0.526 bits per heavy atom. The van der Waals surface area contributed by atoms with Crippen LogP contribution >= 0.6 is 0 Å². The fraction of sp³-hybridized carbons (Fsp3) is 0.467. The molecule has 0 spiro atoms. The molecular weight excluding hydrogens is 480 g/mol. The molecule has 0 unspecified atom stereocenters. The molecule has 0 bridgehead atoms. The predicted molar refractivity (Wildman–Crippen MR) is 152 cm³/mol. The molecule has 0 heterocycles. The zero-order chi connectivity index (χ0) is 27.9. The van der Waals surface area contributed by atoms with Crippen LogP contribution in [-0.2, 0) is 9.59 Å². The van der Waals surface area contributed by atoms with E-state index in [1.807, 2.05) is 27.7 Å². The van der Waals surface area contributed by atoms with Crippen molar-refractivity contribution in [3.63, 3.8) is 0 Å². The smallest absolute Gasteiger partial charge is 0.251 e. The maximum Gasteiger partial charge on any atom is 0.251 e. The highest BCUT2D eigenvalue weighted by atomic mass is 16.2. The molecule has 0 aliphatic carbocycles. The summed E-state index contributed by atoms with van der Waals surface area (Å²) >= 11 is 0. The molecule has 4 amide bonds. The Balaban J connectivity index is 1.53. The summed E-state index contributed by atoms with van der Waals surface area (Å²) in [6.07, 6.45) is 6.50. The zero-order valence-electron chi connectivity index (χ0n) is 23.1. The highest BCUT2D eigenvalue weighted by Gasteiger charge is 2.09. The molecule has 0 fully saturated rings. The van der Waals surface area contributed by atoms with E-state index in [1.165, 1.54) is 0 Å². The first kappa shape index (κ1) is 30.5. The van der Waals surface area contributed by atoms with Gasteiger partial charge in [0.15, 0.2) is 0 Å². The number of hydrogen-bond donors (Lipinski definition) is 4. The minimum atomic E-state index is -0.127. The Labute approximate surface area is 226 Å². The van der Waals surface area contributed by atoms with Crippen molar-refractivity contribution in [2.75, 3.05) is 10.6 Å². The van der Waals surface area contributed by atoms with E-state index in [0.29, 0.717) is 35.3 Å². The predicted octanol–water partition coefficient (Wildman–Crippen LogP) is 5.66. The molecule has 0 saturated heterocycles. The van der Waals surface area contributed by atoms with Gasteiger partial charge in [0.2, 0.25) is 11.8 Å². The third-order valence-corrected chi connectivity index (χ3v) is 5.76. The lowest BCUT2D eigenvalue weighted by Crippen LogP contribution is -2.30. The second-order valence-electron chi connectivity index (χ2n) is 10.1. The number of rotatable bonds is 15. The summed E-state index contributed by atoms with van der Waals surface area (Å²) in [5, 5.41) is 11.4. The minimum absolute atomic E-state index is 0.0327. The number of carbonyl (C=O) groups is 4. The molecule has 0 aromatic heterocycles. The van der Waals surface area contributed by atoms with E-state index >= 15 is 0 Å². The van der Waals surface area contributed by atoms with E-state index in [9.17, 15) is 19.2 Å². The van der Waals surface area contributed by atoms with Gasteiger partial charge in [0.05, 0.1) is 0 Å². The Hall–Kier alpha value is -3.68. The normalized spacial score (nSPS) is 10.8. The van der Waals surface area contributed by atoms with E-state index < -0.39 is 0 Å². The molecule has 38 heavy (non-hydrogen) atoms. The van der Waals surface area contributed by atoms with Crippen LogP contribution in [0.25, 0.3) is 0 Å². The monoisotopic (exact) mass is 522 g/mol. The van der Waals surface area contributed by atoms with Crippen LogP contribution in [0.4, 0.5) is 11.4 Å². The summed E-state index contributed by atoms with van der Waals surface area (Å²) in [7, 11) is 0. The van der Waals surface area contributed by atoms with Crippen LogP contribution in [0.2, 0.25) is 0 Å². The SMILES string of the molecule is CC(C)NC(=O)c1ccc(NC(=O)CCCCCCCCC(=O)Nc2ccc(C(=O)NC(C)C)cc2)cc1. The third-order valence-electron chi connectivity index (χ3n) is 5.76. The van der Waals surface area contributed by atoms with Crippen molar-refractivity contribution in [1.29, 1.82) is 0 Å². The van der Waals surface area contributed by atoms with Crippen LogP contribution in [0.1, 0.15) is 99.8 Å². The molecule has 0 radical (unpaired) electrons. The van der Waals surface area contributed by atoms with Crippen molar-refractivity contribution >= 4 is 35.0 Å². The largest absolute Gasteiger partial charge is 0.350 e. The van der Waals surface area contributed by atoms with Crippen molar-refractivity contribution in [3.8, 4) is 0 Å². The molecule has 2 aromatic carbocycles. The lowest BCUT2D eigenvalue weighted by molar-refractivity contribution is -0.117. The first-order chi connectivity index (χ1) is 18.1. The highest BCUT2D eigenvalue weighted by molar-refractivity contribution is 5.96. The lowest BCUT2D eigenvalue weighted by Gasteiger charge is -2.10. The number of carbonyl (C=O) groups excluding carboxylic acids is 4. The van der Waals surface area contributed by atoms with Gasteiger partial charge in [0, 0.05) is 47.4 Å². The Morgan fingerprint density at radius 3 is 1.16 bits per heavy atom. The topological polar surface area (TPSA) is 116 Å². The number of hydrogen-bond acceptors (Lipinski definition) is 4. The van der Waals surface area contributed by atoms with Gasteiger partial charge in [-0.05, 0) is 89.1 Å². The lowest BCUT2D eigenvalue weighted by atomic mass is 10.1. The van der Waals surface area contributed by atoms with Gasteiger partial charge in [-0.1, -0.05) is 25.7 Å². The first-order valence-corrected chi connectivity index (χ1v) is 13.6. The summed E-state index contributed by atoms with van der Waals surface area (Å²) in [6.45, 7) is 7.63. The van der Waals surface area contributed by atoms with Gasteiger partial charge >= 0.3 is 0 Å². The van der Waals surface area contributed by atoms with Gasteiger partial charge in [-0.2, -0.15) is 0 Å². The number of amides is 4. The molecule has 2 rings (SSSR count). The van der Waals surface area contributed by atoms with Crippen molar-refractivity contribution in [2.45, 2.75) is 91.1 Å².